The molecule has 0 aliphatic carbocycles. The van der Waals surface area contributed by atoms with Crippen LogP contribution in [0.4, 0.5) is 13.2 Å². The van der Waals surface area contributed by atoms with Gasteiger partial charge in [0.05, 0.1) is 12.7 Å². The van der Waals surface area contributed by atoms with Crippen LogP contribution in [0.2, 0.25) is 0 Å². The van der Waals surface area contributed by atoms with Gasteiger partial charge < -0.3 is 4.74 Å². The quantitative estimate of drug-likeness (QED) is 0.708. The number of pyridine rings is 1. The van der Waals surface area contributed by atoms with Crippen molar-refractivity contribution in [1.82, 2.24) is 4.98 Å². The lowest BCUT2D eigenvalue weighted by Crippen LogP contribution is -2.01. The molecule has 0 spiro atoms. The highest BCUT2D eigenvalue weighted by Crippen LogP contribution is 2.27. The average molecular weight is 205 g/mol. The van der Waals surface area contributed by atoms with Crippen LogP contribution in [-0.2, 0) is 0 Å². The fourth-order valence-electron chi connectivity index (χ4n) is 0.899. The molecular formula is C8H6F3NO2. The number of carbonyl (C=O) groups excluding carboxylic acids is 1. The second kappa shape index (κ2) is 4.08. The van der Waals surface area contributed by atoms with Crippen molar-refractivity contribution in [2.45, 2.75) is 6.43 Å². The molecule has 0 amide bonds. The SMILES string of the molecule is COc1nc(C=O)cc(C(F)F)c1F. The smallest absolute Gasteiger partial charge is 0.266 e. The molecule has 0 fully saturated rings. The highest BCUT2D eigenvalue weighted by atomic mass is 19.3. The molecule has 0 saturated carbocycles. The molecule has 1 aromatic rings. The third kappa shape index (κ3) is 1.84. The summed E-state index contributed by atoms with van der Waals surface area (Å²) in [7, 11) is 1.08. The number of aldehydes is 1. The molecule has 1 rings (SSSR count). The van der Waals surface area contributed by atoms with Crippen molar-refractivity contribution in [3.05, 3.63) is 23.1 Å². The molecule has 0 aliphatic heterocycles. The van der Waals surface area contributed by atoms with Gasteiger partial charge in [0.1, 0.15) is 5.69 Å². The van der Waals surface area contributed by atoms with Crippen LogP contribution in [-0.4, -0.2) is 18.4 Å². The summed E-state index contributed by atoms with van der Waals surface area (Å²) in [5, 5.41) is 0. The van der Waals surface area contributed by atoms with Gasteiger partial charge in [0.2, 0.25) is 0 Å². The minimum Gasteiger partial charge on any atom is -0.479 e. The molecule has 1 aromatic heterocycles. The Hall–Kier alpha value is -1.59. The average Bonchev–Trinajstić information content (AvgIpc) is 2.17. The number of halogens is 3. The lowest BCUT2D eigenvalue weighted by molar-refractivity contribution is 0.111. The van der Waals surface area contributed by atoms with Gasteiger partial charge in [0, 0.05) is 0 Å². The Morgan fingerprint density at radius 2 is 2.21 bits per heavy atom. The van der Waals surface area contributed by atoms with E-state index in [1.165, 1.54) is 0 Å². The number of rotatable bonds is 3. The lowest BCUT2D eigenvalue weighted by atomic mass is 10.2. The van der Waals surface area contributed by atoms with Gasteiger partial charge in [-0.15, -0.1) is 0 Å². The van der Waals surface area contributed by atoms with Crippen molar-refractivity contribution in [3.63, 3.8) is 0 Å². The molecule has 0 atom stereocenters. The Bertz CT molecular complexity index is 355. The molecule has 0 unspecified atom stereocenters. The van der Waals surface area contributed by atoms with Crippen LogP contribution >= 0.6 is 0 Å². The van der Waals surface area contributed by atoms with Gasteiger partial charge in [0.15, 0.2) is 12.1 Å². The van der Waals surface area contributed by atoms with Crippen LogP contribution < -0.4 is 4.74 Å². The van der Waals surface area contributed by atoms with E-state index in [4.69, 9.17) is 0 Å². The Morgan fingerprint density at radius 1 is 1.57 bits per heavy atom. The first-order valence-electron chi connectivity index (χ1n) is 3.58. The minimum absolute atomic E-state index is 0.244. The van der Waals surface area contributed by atoms with Gasteiger partial charge in [-0.05, 0) is 6.07 Å². The first-order valence-corrected chi connectivity index (χ1v) is 3.58. The first-order chi connectivity index (χ1) is 6.60. The predicted octanol–water partition coefficient (Wildman–Crippen LogP) is 1.98. The Balaban J connectivity index is 3.34. The zero-order valence-corrected chi connectivity index (χ0v) is 7.13. The summed E-state index contributed by atoms with van der Waals surface area (Å²) in [6, 6.07) is 0.690. The van der Waals surface area contributed by atoms with Crippen LogP contribution in [0, 0.1) is 5.82 Å². The van der Waals surface area contributed by atoms with Gasteiger partial charge in [-0.3, -0.25) is 4.79 Å². The van der Waals surface area contributed by atoms with Gasteiger partial charge in [0.25, 0.3) is 12.3 Å². The molecule has 0 aliphatic rings. The second-order valence-electron chi connectivity index (χ2n) is 2.38. The van der Waals surface area contributed by atoms with Crippen LogP contribution in [0.5, 0.6) is 5.88 Å². The van der Waals surface area contributed by atoms with Crippen molar-refractivity contribution in [3.8, 4) is 5.88 Å². The number of hydrogen-bond acceptors (Lipinski definition) is 3. The van der Waals surface area contributed by atoms with E-state index in [9.17, 15) is 18.0 Å². The van der Waals surface area contributed by atoms with Gasteiger partial charge in [-0.1, -0.05) is 0 Å². The van der Waals surface area contributed by atoms with Crippen LogP contribution in [0.25, 0.3) is 0 Å². The van der Waals surface area contributed by atoms with Crippen molar-refractivity contribution < 1.29 is 22.7 Å². The van der Waals surface area contributed by atoms with Crippen LogP contribution in [0.15, 0.2) is 6.07 Å². The number of ether oxygens (including phenoxy) is 1. The van der Waals surface area contributed by atoms with Crippen molar-refractivity contribution in [1.29, 1.82) is 0 Å². The van der Waals surface area contributed by atoms with E-state index in [0.717, 1.165) is 7.11 Å². The number of aromatic nitrogens is 1. The lowest BCUT2D eigenvalue weighted by Gasteiger charge is -2.06. The zero-order valence-electron chi connectivity index (χ0n) is 7.13. The molecule has 14 heavy (non-hydrogen) atoms. The summed E-state index contributed by atoms with van der Waals surface area (Å²) < 4.78 is 41.9. The highest BCUT2D eigenvalue weighted by Gasteiger charge is 2.19. The monoisotopic (exact) mass is 205 g/mol. The number of alkyl halides is 2. The fraction of sp³-hybridized carbons (Fsp3) is 0.250. The van der Waals surface area contributed by atoms with Gasteiger partial charge >= 0.3 is 0 Å². The zero-order chi connectivity index (χ0) is 10.7. The topological polar surface area (TPSA) is 39.2 Å². The third-order valence-corrected chi connectivity index (χ3v) is 1.52. The molecule has 6 heteroatoms. The van der Waals surface area contributed by atoms with Crippen molar-refractivity contribution in [2.24, 2.45) is 0 Å². The Labute approximate surface area is 77.5 Å². The number of hydrogen-bond donors (Lipinski definition) is 0. The molecule has 1 heterocycles. The second-order valence-corrected chi connectivity index (χ2v) is 2.38. The summed E-state index contributed by atoms with van der Waals surface area (Å²) in [4.78, 5) is 13.6. The maximum absolute atomic E-state index is 13.1. The van der Waals surface area contributed by atoms with E-state index >= 15 is 0 Å². The molecule has 0 aromatic carbocycles. The third-order valence-electron chi connectivity index (χ3n) is 1.52. The summed E-state index contributed by atoms with van der Waals surface area (Å²) >= 11 is 0. The molecule has 0 radical (unpaired) electrons. The minimum atomic E-state index is -3.01. The summed E-state index contributed by atoms with van der Waals surface area (Å²) in [5.41, 5.74) is -1.18. The number of carbonyl (C=O) groups is 1. The maximum atomic E-state index is 13.1. The van der Waals surface area contributed by atoms with Gasteiger partial charge in [-0.2, -0.15) is 0 Å². The maximum Gasteiger partial charge on any atom is 0.266 e. The standard InChI is InChI=1S/C8H6F3NO2/c1-14-8-6(9)5(7(10)11)2-4(3-13)12-8/h2-3,7H,1H3. The molecule has 3 nitrogen and oxygen atoms in total. The van der Waals surface area contributed by atoms with Crippen LogP contribution in [0.3, 0.4) is 0 Å². The summed E-state index contributed by atoms with van der Waals surface area (Å²) in [5.74, 6) is -1.85. The van der Waals surface area contributed by atoms with E-state index in [2.05, 4.69) is 9.72 Å². The van der Waals surface area contributed by atoms with Crippen molar-refractivity contribution in [2.75, 3.05) is 7.11 Å². The van der Waals surface area contributed by atoms with Crippen molar-refractivity contribution >= 4 is 6.29 Å². The Kier molecular flexibility index (Phi) is 3.06. The van der Waals surface area contributed by atoms with E-state index in [0.29, 0.717) is 6.07 Å². The molecule has 0 N–H and O–H groups in total. The fourth-order valence-corrected chi connectivity index (χ4v) is 0.899. The van der Waals surface area contributed by atoms with E-state index in [-0.39, 0.29) is 12.0 Å². The number of methoxy groups -OCH3 is 1. The normalized spacial score (nSPS) is 10.4. The molecule has 0 saturated heterocycles. The predicted molar refractivity (Wildman–Crippen MR) is 41.1 cm³/mol. The summed E-state index contributed by atoms with van der Waals surface area (Å²) in [6.07, 6.45) is -2.76. The molecular weight excluding hydrogens is 199 g/mol. The largest absolute Gasteiger partial charge is 0.479 e. The van der Waals surface area contributed by atoms with E-state index in [1.54, 1.807) is 0 Å². The molecule has 76 valence electrons. The van der Waals surface area contributed by atoms with E-state index < -0.39 is 23.7 Å². The van der Waals surface area contributed by atoms with Gasteiger partial charge in [-0.25, -0.2) is 18.2 Å². The van der Waals surface area contributed by atoms with Crippen LogP contribution in [0.1, 0.15) is 22.5 Å². The van der Waals surface area contributed by atoms with E-state index in [1.807, 2.05) is 0 Å². The number of nitrogens with zero attached hydrogens (tertiary/aromatic N) is 1. The first kappa shape index (κ1) is 10.5. The highest BCUT2D eigenvalue weighted by molar-refractivity contribution is 5.72. The summed E-state index contributed by atoms with van der Waals surface area (Å²) in [6.45, 7) is 0. The Morgan fingerprint density at radius 3 is 2.64 bits per heavy atom. The molecule has 0 bridgehead atoms.